The molecule has 2 aromatic rings. The largest absolute Gasteiger partial charge is 0.324 e. The second kappa shape index (κ2) is 6.72. The third kappa shape index (κ3) is 3.82. The number of pyridine rings is 1. The predicted molar refractivity (Wildman–Crippen MR) is 86.6 cm³/mol. The zero-order chi connectivity index (χ0) is 15.4. The Morgan fingerprint density at radius 2 is 2.05 bits per heavy atom. The summed E-state index contributed by atoms with van der Waals surface area (Å²) in [5.41, 5.74) is 2.67. The van der Waals surface area contributed by atoms with Crippen LogP contribution in [-0.4, -0.2) is 10.9 Å². The Morgan fingerprint density at radius 3 is 2.67 bits per heavy atom. The molecule has 1 heterocycles. The fourth-order valence-electron chi connectivity index (χ4n) is 2.34. The molecule has 0 saturated carbocycles. The highest BCUT2D eigenvalue weighted by Gasteiger charge is 2.24. The molecule has 1 atom stereocenters. The van der Waals surface area contributed by atoms with Crippen molar-refractivity contribution in [2.75, 3.05) is 5.32 Å². The zero-order valence-electron chi connectivity index (χ0n) is 12.4. The molecule has 3 nitrogen and oxygen atoms in total. The van der Waals surface area contributed by atoms with E-state index in [-0.39, 0.29) is 17.7 Å². The molecule has 0 aliphatic heterocycles. The Labute approximate surface area is 130 Å². The van der Waals surface area contributed by atoms with Gasteiger partial charge in [0.1, 0.15) is 0 Å². The maximum atomic E-state index is 12.6. The van der Waals surface area contributed by atoms with E-state index in [0.717, 1.165) is 16.8 Å². The van der Waals surface area contributed by atoms with Crippen LogP contribution in [0.5, 0.6) is 0 Å². The van der Waals surface area contributed by atoms with E-state index in [4.69, 9.17) is 11.6 Å². The van der Waals surface area contributed by atoms with Crippen molar-refractivity contribution in [3.05, 3.63) is 58.9 Å². The van der Waals surface area contributed by atoms with Gasteiger partial charge in [-0.25, -0.2) is 0 Å². The van der Waals surface area contributed by atoms with Crippen LogP contribution < -0.4 is 5.32 Å². The minimum Gasteiger partial charge on any atom is -0.324 e. The average Bonchev–Trinajstić information content (AvgIpc) is 2.41. The first-order valence-corrected chi connectivity index (χ1v) is 7.33. The Balaban J connectivity index is 2.27. The zero-order valence-corrected chi connectivity index (χ0v) is 13.2. The molecular weight excluding hydrogens is 284 g/mol. The fraction of sp³-hybridized carbons (Fsp3) is 0.294. The van der Waals surface area contributed by atoms with E-state index < -0.39 is 0 Å². The maximum Gasteiger partial charge on any atom is 0.232 e. The van der Waals surface area contributed by atoms with Crippen LogP contribution in [-0.2, 0) is 4.79 Å². The number of carbonyl (C=O) groups is 1. The van der Waals surface area contributed by atoms with Gasteiger partial charge in [0.2, 0.25) is 5.91 Å². The number of benzene rings is 1. The number of aryl methyl sites for hydroxylation is 1. The minimum atomic E-state index is -0.247. The number of rotatable bonds is 4. The van der Waals surface area contributed by atoms with Crippen LogP contribution in [0.15, 0.2) is 42.7 Å². The van der Waals surface area contributed by atoms with Crippen molar-refractivity contribution in [2.45, 2.75) is 26.7 Å². The number of nitrogens with zero attached hydrogens (tertiary/aromatic N) is 1. The molecule has 110 valence electrons. The molecule has 0 fully saturated rings. The number of hydrogen-bond acceptors (Lipinski definition) is 2. The Kier molecular flexibility index (Phi) is 4.97. The third-order valence-corrected chi connectivity index (χ3v) is 3.69. The number of aromatic nitrogens is 1. The molecule has 0 bridgehead atoms. The lowest BCUT2D eigenvalue weighted by Gasteiger charge is -2.21. The summed E-state index contributed by atoms with van der Waals surface area (Å²) in [5.74, 6) is -0.118. The van der Waals surface area contributed by atoms with Crippen molar-refractivity contribution >= 4 is 23.2 Å². The summed E-state index contributed by atoms with van der Waals surface area (Å²) < 4.78 is 0. The standard InChI is InChI=1S/C17H19ClN2O/c1-11(2)16(13-5-4-6-14(18)9-13)17(21)20-15-10-19-8-7-12(15)3/h4-11,16H,1-3H3,(H,20,21)/t16-/m1/s1. The first-order chi connectivity index (χ1) is 9.99. The monoisotopic (exact) mass is 302 g/mol. The van der Waals surface area contributed by atoms with Gasteiger partial charge in [0.25, 0.3) is 0 Å². The minimum absolute atomic E-state index is 0.0385. The highest BCUT2D eigenvalue weighted by atomic mass is 35.5. The van der Waals surface area contributed by atoms with E-state index in [1.54, 1.807) is 12.4 Å². The molecule has 0 aliphatic carbocycles. The van der Waals surface area contributed by atoms with Crippen LogP contribution in [0.2, 0.25) is 5.02 Å². The van der Waals surface area contributed by atoms with Crippen molar-refractivity contribution in [3.63, 3.8) is 0 Å². The SMILES string of the molecule is Cc1ccncc1NC(=O)[C@@H](c1cccc(Cl)c1)C(C)C. The number of amides is 1. The molecule has 0 unspecified atom stereocenters. The maximum absolute atomic E-state index is 12.6. The van der Waals surface area contributed by atoms with Crippen LogP contribution in [0.25, 0.3) is 0 Å². The first kappa shape index (κ1) is 15.5. The number of halogens is 1. The van der Waals surface area contributed by atoms with Gasteiger partial charge in [0.15, 0.2) is 0 Å². The predicted octanol–water partition coefficient (Wildman–Crippen LogP) is 4.42. The van der Waals surface area contributed by atoms with Crippen molar-refractivity contribution in [2.24, 2.45) is 5.92 Å². The molecule has 0 aliphatic rings. The highest BCUT2D eigenvalue weighted by Crippen LogP contribution is 2.28. The molecule has 4 heteroatoms. The highest BCUT2D eigenvalue weighted by molar-refractivity contribution is 6.30. The van der Waals surface area contributed by atoms with E-state index in [1.807, 2.05) is 51.1 Å². The second-order valence-corrected chi connectivity index (χ2v) is 5.89. The van der Waals surface area contributed by atoms with Crippen LogP contribution in [0.3, 0.4) is 0 Å². The van der Waals surface area contributed by atoms with Gasteiger partial charge in [-0.3, -0.25) is 9.78 Å². The smallest absolute Gasteiger partial charge is 0.232 e. The molecule has 21 heavy (non-hydrogen) atoms. The van der Waals surface area contributed by atoms with Gasteiger partial charge in [-0.15, -0.1) is 0 Å². The van der Waals surface area contributed by atoms with Crippen LogP contribution in [0.4, 0.5) is 5.69 Å². The van der Waals surface area contributed by atoms with Crippen molar-refractivity contribution in [3.8, 4) is 0 Å². The van der Waals surface area contributed by atoms with Gasteiger partial charge in [-0.05, 0) is 42.2 Å². The molecule has 1 aromatic heterocycles. The molecule has 0 radical (unpaired) electrons. The molecular formula is C17H19ClN2O. The third-order valence-electron chi connectivity index (χ3n) is 3.45. The molecule has 0 spiro atoms. The van der Waals surface area contributed by atoms with E-state index >= 15 is 0 Å². The van der Waals surface area contributed by atoms with Gasteiger partial charge in [-0.2, -0.15) is 0 Å². The summed E-state index contributed by atoms with van der Waals surface area (Å²) in [6, 6.07) is 9.34. The summed E-state index contributed by atoms with van der Waals surface area (Å²) in [7, 11) is 0. The molecule has 1 amide bonds. The van der Waals surface area contributed by atoms with Gasteiger partial charge in [0, 0.05) is 11.2 Å². The topological polar surface area (TPSA) is 42.0 Å². The van der Waals surface area contributed by atoms with Crippen molar-refractivity contribution in [1.82, 2.24) is 4.98 Å². The molecule has 2 rings (SSSR count). The van der Waals surface area contributed by atoms with Crippen LogP contribution in [0, 0.1) is 12.8 Å². The van der Waals surface area contributed by atoms with Gasteiger partial charge in [0.05, 0.1) is 17.8 Å². The van der Waals surface area contributed by atoms with Gasteiger partial charge >= 0.3 is 0 Å². The molecule has 1 N–H and O–H groups in total. The average molecular weight is 303 g/mol. The van der Waals surface area contributed by atoms with E-state index in [1.165, 1.54) is 0 Å². The normalized spacial score (nSPS) is 12.2. The Morgan fingerprint density at radius 1 is 1.29 bits per heavy atom. The first-order valence-electron chi connectivity index (χ1n) is 6.96. The van der Waals surface area contributed by atoms with E-state index in [9.17, 15) is 4.79 Å². The van der Waals surface area contributed by atoms with E-state index in [0.29, 0.717) is 5.02 Å². The summed E-state index contributed by atoms with van der Waals surface area (Å²) in [4.78, 5) is 16.7. The summed E-state index contributed by atoms with van der Waals surface area (Å²) in [5, 5.41) is 3.61. The summed E-state index contributed by atoms with van der Waals surface area (Å²) in [6.07, 6.45) is 3.38. The Hall–Kier alpha value is -1.87. The fourth-order valence-corrected chi connectivity index (χ4v) is 2.54. The number of carbonyl (C=O) groups excluding carboxylic acids is 1. The lowest BCUT2D eigenvalue weighted by Crippen LogP contribution is -2.25. The molecule has 0 saturated heterocycles. The van der Waals surface area contributed by atoms with Crippen LogP contribution >= 0.6 is 11.6 Å². The van der Waals surface area contributed by atoms with Gasteiger partial charge < -0.3 is 5.32 Å². The lowest BCUT2D eigenvalue weighted by molar-refractivity contribution is -0.118. The summed E-state index contributed by atoms with van der Waals surface area (Å²) in [6.45, 7) is 6.00. The van der Waals surface area contributed by atoms with Crippen molar-refractivity contribution in [1.29, 1.82) is 0 Å². The van der Waals surface area contributed by atoms with Crippen LogP contribution in [0.1, 0.15) is 30.9 Å². The molecule has 1 aromatic carbocycles. The van der Waals surface area contributed by atoms with E-state index in [2.05, 4.69) is 10.3 Å². The van der Waals surface area contributed by atoms with Gasteiger partial charge in [-0.1, -0.05) is 37.6 Å². The second-order valence-electron chi connectivity index (χ2n) is 5.46. The Bertz CT molecular complexity index is 640. The number of hydrogen-bond donors (Lipinski definition) is 1. The van der Waals surface area contributed by atoms with Crippen molar-refractivity contribution < 1.29 is 4.79 Å². The quantitative estimate of drug-likeness (QED) is 0.908. The lowest BCUT2D eigenvalue weighted by atomic mass is 9.87. The summed E-state index contributed by atoms with van der Waals surface area (Å²) >= 11 is 6.04. The number of nitrogens with one attached hydrogen (secondary N) is 1. The number of anilines is 1.